The molecule has 25 heavy (non-hydrogen) atoms. The van der Waals surface area contributed by atoms with E-state index in [-0.39, 0.29) is 28.8 Å². The van der Waals surface area contributed by atoms with E-state index in [0.717, 1.165) is 6.07 Å². The van der Waals surface area contributed by atoms with Crippen molar-refractivity contribution in [1.82, 2.24) is 0 Å². The Morgan fingerprint density at radius 2 is 2.08 bits per heavy atom. The zero-order chi connectivity index (χ0) is 18.6. The molecule has 7 nitrogen and oxygen atoms in total. The largest absolute Gasteiger partial charge is 0.490 e. The molecule has 1 N–H and O–H groups in total. The molecule has 2 rings (SSSR count). The number of carbonyl (C=O) groups is 1. The number of nitrogens with zero attached hydrogens (tertiary/aromatic N) is 1. The molecule has 0 aliphatic heterocycles. The number of amides is 1. The Hall–Kier alpha value is -2.87. The topological polar surface area (TPSA) is 90.7 Å². The highest BCUT2D eigenvalue weighted by Gasteiger charge is 2.18. The number of halogens is 2. The first-order valence-corrected chi connectivity index (χ1v) is 7.40. The number of ether oxygens (including phenoxy) is 2. The molecule has 2 aromatic rings. The van der Waals surface area contributed by atoms with Gasteiger partial charge in [0, 0.05) is 23.9 Å². The van der Waals surface area contributed by atoms with Crippen LogP contribution in [0.1, 0.15) is 5.56 Å². The molecule has 0 radical (unpaired) electrons. The lowest BCUT2D eigenvalue weighted by Crippen LogP contribution is -2.20. The molecule has 2 aromatic carbocycles. The van der Waals surface area contributed by atoms with Crippen molar-refractivity contribution in [3.63, 3.8) is 0 Å². The van der Waals surface area contributed by atoms with Crippen LogP contribution in [0, 0.1) is 22.9 Å². The van der Waals surface area contributed by atoms with E-state index in [1.54, 1.807) is 6.92 Å². The Bertz CT molecular complexity index is 828. The first-order chi connectivity index (χ1) is 11.8. The lowest BCUT2D eigenvalue weighted by Gasteiger charge is -2.11. The molecule has 1 amide bonds. The van der Waals surface area contributed by atoms with E-state index in [4.69, 9.17) is 21.1 Å². The van der Waals surface area contributed by atoms with Gasteiger partial charge in [0.2, 0.25) is 0 Å². The van der Waals surface area contributed by atoms with Gasteiger partial charge in [-0.3, -0.25) is 14.9 Å². The zero-order valence-electron chi connectivity index (χ0n) is 13.3. The summed E-state index contributed by atoms with van der Waals surface area (Å²) in [5.74, 6) is -0.830. The number of benzene rings is 2. The number of nitrogens with one attached hydrogen (secondary N) is 1. The minimum Gasteiger partial charge on any atom is -0.490 e. The number of nitro benzene ring substituents is 1. The van der Waals surface area contributed by atoms with Crippen LogP contribution in [0.15, 0.2) is 30.3 Å². The van der Waals surface area contributed by atoms with Gasteiger partial charge in [-0.15, -0.1) is 0 Å². The number of nitro groups is 1. The third-order valence-electron chi connectivity index (χ3n) is 3.26. The predicted molar refractivity (Wildman–Crippen MR) is 89.9 cm³/mol. The van der Waals surface area contributed by atoms with Gasteiger partial charge in [0.05, 0.1) is 17.1 Å². The van der Waals surface area contributed by atoms with E-state index in [1.807, 2.05) is 0 Å². The van der Waals surface area contributed by atoms with Gasteiger partial charge in [-0.2, -0.15) is 0 Å². The van der Waals surface area contributed by atoms with E-state index in [2.05, 4.69) is 5.32 Å². The van der Waals surface area contributed by atoms with Crippen LogP contribution in [0.2, 0.25) is 5.02 Å². The summed E-state index contributed by atoms with van der Waals surface area (Å²) < 4.78 is 23.3. The molecule has 0 aliphatic carbocycles. The second kappa shape index (κ2) is 7.80. The van der Waals surface area contributed by atoms with E-state index >= 15 is 0 Å². The number of methoxy groups -OCH3 is 1. The first kappa shape index (κ1) is 18.5. The fourth-order valence-electron chi connectivity index (χ4n) is 2.02. The average Bonchev–Trinajstić information content (AvgIpc) is 2.57. The first-order valence-electron chi connectivity index (χ1n) is 7.02. The Labute approximate surface area is 147 Å². The van der Waals surface area contributed by atoms with Crippen LogP contribution in [0.3, 0.4) is 0 Å². The second-order valence-electron chi connectivity index (χ2n) is 5.01. The maximum absolute atomic E-state index is 13.1. The number of hydrogen-bond donors (Lipinski definition) is 1. The fraction of sp³-hybridized carbons (Fsp3) is 0.188. The molecule has 0 heterocycles. The van der Waals surface area contributed by atoms with Crippen molar-refractivity contribution in [2.24, 2.45) is 0 Å². The average molecular weight is 369 g/mol. The van der Waals surface area contributed by atoms with Gasteiger partial charge in [0.15, 0.2) is 12.4 Å². The Kier molecular flexibility index (Phi) is 5.76. The Balaban J connectivity index is 2.07. The van der Waals surface area contributed by atoms with E-state index in [9.17, 15) is 19.3 Å². The van der Waals surface area contributed by atoms with Crippen LogP contribution >= 0.6 is 11.6 Å². The highest BCUT2D eigenvalue weighted by atomic mass is 35.5. The Morgan fingerprint density at radius 1 is 1.36 bits per heavy atom. The van der Waals surface area contributed by atoms with Crippen molar-refractivity contribution in [3.8, 4) is 11.5 Å². The molecule has 0 aliphatic rings. The van der Waals surface area contributed by atoms with Crippen molar-refractivity contribution in [2.75, 3.05) is 19.0 Å². The molecule has 0 saturated heterocycles. The second-order valence-corrected chi connectivity index (χ2v) is 5.42. The molecule has 132 valence electrons. The van der Waals surface area contributed by atoms with Gasteiger partial charge in [-0.05, 0) is 24.6 Å². The minimum atomic E-state index is -0.591. The summed E-state index contributed by atoms with van der Waals surface area (Å²) in [5.41, 5.74) is 0.647. The fourth-order valence-corrected chi connectivity index (χ4v) is 2.19. The summed E-state index contributed by atoms with van der Waals surface area (Å²) in [7, 11) is 1.30. The van der Waals surface area contributed by atoms with Crippen LogP contribution in [0.25, 0.3) is 0 Å². The molecule has 0 saturated carbocycles. The molecule has 0 bridgehead atoms. The summed E-state index contributed by atoms with van der Waals surface area (Å²) in [6.07, 6.45) is 0. The zero-order valence-corrected chi connectivity index (χ0v) is 14.1. The quantitative estimate of drug-likeness (QED) is 0.619. The summed E-state index contributed by atoms with van der Waals surface area (Å²) in [4.78, 5) is 22.4. The van der Waals surface area contributed by atoms with E-state index in [1.165, 1.54) is 31.4 Å². The summed E-state index contributed by atoms with van der Waals surface area (Å²) in [5, 5.41) is 13.4. The van der Waals surface area contributed by atoms with Crippen molar-refractivity contribution in [1.29, 1.82) is 0 Å². The lowest BCUT2D eigenvalue weighted by atomic mass is 10.1. The van der Waals surface area contributed by atoms with Gasteiger partial charge < -0.3 is 14.8 Å². The molecule has 0 fully saturated rings. The molecule has 0 spiro atoms. The highest BCUT2D eigenvalue weighted by Crippen LogP contribution is 2.32. The van der Waals surface area contributed by atoms with Crippen LogP contribution in [-0.2, 0) is 4.79 Å². The van der Waals surface area contributed by atoms with Gasteiger partial charge in [0.25, 0.3) is 5.91 Å². The normalized spacial score (nSPS) is 10.2. The third kappa shape index (κ3) is 4.57. The van der Waals surface area contributed by atoms with Crippen LogP contribution < -0.4 is 14.8 Å². The van der Waals surface area contributed by atoms with Crippen molar-refractivity contribution in [2.45, 2.75) is 6.92 Å². The molecule has 9 heteroatoms. The number of carbonyl (C=O) groups excluding carboxylic acids is 1. The van der Waals surface area contributed by atoms with Gasteiger partial charge >= 0.3 is 5.69 Å². The number of anilines is 1. The number of aryl methyl sites for hydroxylation is 1. The highest BCUT2D eigenvalue weighted by molar-refractivity contribution is 6.30. The number of hydrogen-bond acceptors (Lipinski definition) is 5. The van der Waals surface area contributed by atoms with E-state index in [0.29, 0.717) is 11.3 Å². The van der Waals surface area contributed by atoms with Crippen molar-refractivity contribution in [3.05, 3.63) is 56.8 Å². The predicted octanol–water partition coefficient (Wildman–Crippen LogP) is 3.72. The lowest BCUT2D eigenvalue weighted by molar-refractivity contribution is -0.385. The SMILES string of the molecule is COc1cc(NC(=O)COc2ccc(F)c(Cl)c2)c(C)cc1[N+](=O)[O-]. The van der Waals surface area contributed by atoms with Crippen LogP contribution in [0.4, 0.5) is 15.8 Å². The maximum Gasteiger partial charge on any atom is 0.311 e. The molecule has 0 atom stereocenters. The summed E-state index contributed by atoms with van der Waals surface area (Å²) >= 11 is 5.63. The molecular weight excluding hydrogens is 355 g/mol. The molecular formula is C16H14ClFN2O5. The Morgan fingerprint density at radius 3 is 2.68 bits per heavy atom. The van der Waals surface area contributed by atoms with Crippen LogP contribution in [0.5, 0.6) is 11.5 Å². The van der Waals surface area contributed by atoms with Crippen molar-refractivity contribution < 1.29 is 23.6 Å². The van der Waals surface area contributed by atoms with E-state index < -0.39 is 16.6 Å². The van der Waals surface area contributed by atoms with Crippen LogP contribution in [-0.4, -0.2) is 24.5 Å². The van der Waals surface area contributed by atoms with Gasteiger partial charge in [0.1, 0.15) is 11.6 Å². The summed E-state index contributed by atoms with van der Waals surface area (Å²) in [6, 6.07) is 6.38. The van der Waals surface area contributed by atoms with Crippen molar-refractivity contribution >= 4 is 28.9 Å². The molecule has 0 aromatic heterocycles. The smallest absolute Gasteiger partial charge is 0.311 e. The monoisotopic (exact) mass is 368 g/mol. The van der Waals surface area contributed by atoms with Gasteiger partial charge in [-0.1, -0.05) is 11.6 Å². The third-order valence-corrected chi connectivity index (χ3v) is 3.55. The maximum atomic E-state index is 13.1. The van der Waals surface area contributed by atoms with Gasteiger partial charge in [-0.25, -0.2) is 4.39 Å². The molecule has 0 unspecified atom stereocenters. The summed E-state index contributed by atoms with van der Waals surface area (Å²) in [6.45, 7) is 1.27. The number of rotatable bonds is 6. The standard InChI is InChI=1S/C16H14ClFN2O5/c1-9-5-14(20(22)23)15(24-2)7-13(9)19-16(21)8-25-10-3-4-12(18)11(17)6-10/h3-7H,8H2,1-2H3,(H,19,21). The minimum absolute atomic E-state index is 0.0251.